The van der Waals surface area contributed by atoms with Gasteiger partial charge in [0.25, 0.3) is 0 Å². The number of hydrogen-bond donors (Lipinski definition) is 0. The second kappa shape index (κ2) is 4.66. The van der Waals surface area contributed by atoms with Crippen molar-refractivity contribution in [2.45, 2.75) is 32.2 Å². The molecule has 5 heteroatoms. The van der Waals surface area contributed by atoms with E-state index in [1.807, 2.05) is 0 Å². The number of nitrogens with zero attached hydrogens (tertiary/aromatic N) is 3. The molecular formula is C10H13BrClN3. The third-order valence-corrected chi connectivity index (χ3v) is 3.16. The fourth-order valence-corrected chi connectivity index (χ4v) is 2.17. The standard InChI is InChI=1S/C10H13BrClN3/c1-2-5-15(7-3-4-7)9-8(11)6-13-10(12)14-9/h6-7H,2-5H2,1H3. The molecule has 1 aliphatic carbocycles. The van der Waals surface area contributed by atoms with E-state index in [9.17, 15) is 0 Å². The summed E-state index contributed by atoms with van der Waals surface area (Å²) in [5, 5.41) is 0.315. The molecule has 0 aromatic carbocycles. The van der Waals surface area contributed by atoms with E-state index < -0.39 is 0 Å². The Kier molecular flexibility index (Phi) is 3.46. The zero-order valence-corrected chi connectivity index (χ0v) is 10.9. The first-order valence-electron chi connectivity index (χ1n) is 5.17. The topological polar surface area (TPSA) is 29.0 Å². The number of halogens is 2. The van der Waals surface area contributed by atoms with Gasteiger partial charge in [-0.2, -0.15) is 4.98 Å². The Bertz CT molecular complexity index is 355. The van der Waals surface area contributed by atoms with Crippen LogP contribution in [0, 0.1) is 0 Å². The first-order valence-corrected chi connectivity index (χ1v) is 6.34. The summed E-state index contributed by atoms with van der Waals surface area (Å²) in [4.78, 5) is 10.5. The molecule has 1 aliphatic rings. The molecule has 1 heterocycles. The molecule has 0 atom stereocenters. The molecule has 0 aliphatic heterocycles. The first kappa shape index (κ1) is 11.1. The Morgan fingerprint density at radius 2 is 2.33 bits per heavy atom. The lowest BCUT2D eigenvalue weighted by Gasteiger charge is -2.23. The highest BCUT2D eigenvalue weighted by atomic mass is 79.9. The predicted molar refractivity (Wildman–Crippen MR) is 65.4 cm³/mol. The molecule has 0 unspecified atom stereocenters. The van der Waals surface area contributed by atoms with Crippen molar-refractivity contribution in [1.29, 1.82) is 0 Å². The van der Waals surface area contributed by atoms with Gasteiger partial charge in [-0.15, -0.1) is 0 Å². The molecule has 0 N–H and O–H groups in total. The molecule has 1 saturated carbocycles. The minimum Gasteiger partial charge on any atom is -0.353 e. The molecule has 0 radical (unpaired) electrons. The van der Waals surface area contributed by atoms with Crippen LogP contribution >= 0.6 is 27.5 Å². The number of anilines is 1. The van der Waals surface area contributed by atoms with Gasteiger partial charge < -0.3 is 4.90 Å². The predicted octanol–water partition coefficient (Wildman–Crippen LogP) is 3.27. The Hall–Kier alpha value is -0.350. The van der Waals surface area contributed by atoms with Gasteiger partial charge in [0.1, 0.15) is 5.82 Å². The summed E-state index contributed by atoms with van der Waals surface area (Å²) in [6.45, 7) is 3.20. The van der Waals surface area contributed by atoms with Crippen LogP contribution in [0.2, 0.25) is 5.28 Å². The molecule has 0 saturated heterocycles. The Labute approximate surface area is 103 Å². The van der Waals surface area contributed by atoms with Crippen molar-refractivity contribution in [3.8, 4) is 0 Å². The second-order valence-electron chi connectivity index (χ2n) is 3.74. The molecule has 1 aromatic rings. The number of rotatable bonds is 4. The van der Waals surface area contributed by atoms with Gasteiger partial charge in [-0.3, -0.25) is 0 Å². The summed E-state index contributed by atoms with van der Waals surface area (Å²) in [7, 11) is 0. The lowest BCUT2D eigenvalue weighted by atomic mass is 10.4. The lowest BCUT2D eigenvalue weighted by molar-refractivity contribution is 0.746. The summed E-state index contributed by atoms with van der Waals surface area (Å²) in [5.74, 6) is 0.930. The third kappa shape index (κ3) is 2.61. The van der Waals surface area contributed by atoms with Crippen molar-refractivity contribution in [2.24, 2.45) is 0 Å². The van der Waals surface area contributed by atoms with Crippen LogP contribution in [0.1, 0.15) is 26.2 Å². The van der Waals surface area contributed by atoms with E-state index in [0.717, 1.165) is 23.3 Å². The molecule has 0 bridgehead atoms. The van der Waals surface area contributed by atoms with Gasteiger partial charge in [-0.1, -0.05) is 6.92 Å². The maximum Gasteiger partial charge on any atom is 0.224 e. The average Bonchev–Trinajstić information content (AvgIpc) is 3.02. The Balaban J connectivity index is 2.27. The minimum atomic E-state index is 0.315. The van der Waals surface area contributed by atoms with Gasteiger partial charge >= 0.3 is 0 Å². The highest BCUT2D eigenvalue weighted by molar-refractivity contribution is 9.10. The van der Waals surface area contributed by atoms with Crippen LogP contribution in [0.25, 0.3) is 0 Å². The van der Waals surface area contributed by atoms with Gasteiger partial charge in [0, 0.05) is 18.8 Å². The molecular weight excluding hydrogens is 277 g/mol. The molecule has 15 heavy (non-hydrogen) atoms. The fraction of sp³-hybridized carbons (Fsp3) is 0.600. The summed E-state index contributed by atoms with van der Waals surface area (Å²) in [6, 6.07) is 0.646. The minimum absolute atomic E-state index is 0.315. The highest BCUT2D eigenvalue weighted by Crippen LogP contribution is 2.34. The zero-order valence-electron chi connectivity index (χ0n) is 8.58. The van der Waals surface area contributed by atoms with E-state index in [1.54, 1.807) is 6.20 Å². The van der Waals surface area contributed by atoms with Crippen molar-refractivity contribution in [1.82, 2.24) is 9.97 Å². The largest absolute Gasteiger partial charge is 0.353 e. The van der Waals surface area contributed by atoms with Crippen molar-refractivity contribution in [2.75, 3.05) is 11.4 Å². The van der Waals surface area contributed by atoms with Crippen LogP contribution in [0.5, 0.6) is 0 Å². The summed E-state index contributed by atoms with van der Waals surface area (Å²) in [6.07, 6.45) is 5.35. The Morgan fingerprint density at radius 3 is 2.93 bits per heavy atom. The van der Waals surface area contributed by atoms with Crippen LogP contribution in [0.15, 0.2) is 10.7 Å². The van der Waals surface area contributed by atoms with E-state index >= 15 is 0 Å². The van der Waals surface area contributed by atoms with Crippen molar-refractivity contribution in [3.63, 3.8) is 0 Å². The van der Waals surface area contributed by atoms with E-state index in [-0.39, 0.29) is 0 Å². The smallest absolute Gasteiger partial charge is 0.224 e. The molecule has 3 nitrogen and oxygen atoms in total. The quantitative estimate of drug-likeness (QED) is 0.797. The van der Waals surface area contributed by atoms with Gasteiger partial charge in [-0.25, -0.2) is 4.98 Å². The average molecular weight is 291 g/mol. The van der Waals surface area contributed by atoms with Crippen LogP contribution in [0.4, 0.5) is 5.82 Å². The first-order chi connectivity index (χ1) is 7.22. The van der Waals surface area contributed by atoms with Crippen molar-refractivity contribution >= 4 is 33.3 Å². The number of aromatic nitrogens is 2. The third-order valence-electron chi connectivity index (χ3n) is 2.42. The van der Waals surface area contributed by atoms with E-state index in [2.05, 4.69) is 37.7 Å². The molecule has 0 amide bonds. The van der Waals surface area contributed by atoms with Gasteiger partial charge in [0.05, 0.1) is 4.47 Å². The summed E-state index contributed by atoms with van der Waals surface area (Å²) >= 11 is 9.29. The van der Waals surface area contributed by atoms with E-state index in [0.29, 0.717) is 11.3 Å². The summed E-state index contributed by atoms with van der Waals surface area (Å²) in [5.41, 5.74) is 0. The SMILES string of the molecule is CCCN(c1nc(Cl)ncc1Br)C1CC1. The van der Waals surface area contributed by atoms with Crippen molar-refractivity contribution in [3.05, 3.63) is 16.0 Å². The zero-order chi connectivity index (χ0) is 10.8. The van der Waals surface area contributed by atoms with E-state index in [1.165, 1.54) is 12.8 Å². The van der Waals surface area contributed by atoms with Gasteiger partial charge in [0.2, 0.25) is 5.28 Å². The second-order valence-corrected chi connectivity index (χ2v) is 4.93. The van der Waals surface area contributed by atoms with Gasteiger partial charge in [0.15, 0.2) is 0 Å². The Morgan fingerprint density at radius 1 is 1.60 bits per heavy atom. The van der Waals surface area contributed by atoms with Crippen LogP contribution < -0.4 is 4.90 Å². The monoisotopic (exact) mass is 289 g/mol. The highest BCUT2D eigenvalue weighted by Gasteiger charge is 2.30. The van der Waals surface area contributed by atoms with Gasteiger partial charge in [-0.05, 0) is 46.8 Å². The maximum atomic E-state index is 5.82. The lowest BCUT2D eigenvalue weighted by Crippen LogP contribution is -2.27. The fourth-order valence-electron chi connectivity index (χ4n) is 1.63. The normalized spacial score (nSPS) is 15.4. The number of hydrogen-bond acceptors (Lipinski definition) is 3. The summed E-state index contributed by atoms with van der Waals surface area (Å²) < 4.78 is 0.923. The molecule has 1 fully saturated rings. The van der Waals surface area contributed by atoms with E-state index in [4.69, 9.17) is 11.6 Å². The van der Waals surface area contributed by atoms with Crippen LogP contribution in [-0.4, -0.2) is 22.6 Å². The van der Waals surface area contributed by atoms with Crippen LogP contribution in [0.3, 0.4) is 0 Å². The maximum absolute atomic E-state index is 5.82. The van der Waals surface area contributed by atoms with Crippen LogP contribution in [-0.2, 0) is 0 Å². The molecule has 82 valence electrons. The molecule has 2 rings (SSSR count). The van der Waals surface area contributed by atoms with Crippen molar-refractivity contribution < 1.29 is 0 Å². The molecule has 0 spiro atoms. The molecule has 1 aromatic heterocycles.